The van der Waals surface area contributed by atoms with Crippen molar-refractivity contribution in [3.63, 3.8) is 0 Å². The van der Waals surface area contributed by atoms with Gasteiger partial charge in [-0.1, -0.05) is 80.8 Å². The number of nitrogens with one attached hydrogen (secondary N) is 3. The quantitative estimate of drug-likeness (QED) is 0.0280. The number of benzene rings is 2. The van der Waals surface area contributed by atoms with Crippen LogP contribution in [0.3, 0.4) is 0 Å². The van der Waals surface area contributed by atoms with E-state index in [9.17, 15) is 15.6 Å². The summed E-state index contributed by atoms with van der Waals surface area (Å²) >= 11 is 1.09. The monoisotopic (exact) mass is 1070 g/mol. The van der Waals surface area contributed by atoms with Gasteiger partial charge in [-0.2, -0.15) is 25.4 Å². The minimum Gasteiger partial charge on any atom is -0.396 e. The van der Waals surface area contributed by atoms with Gasteiger partial charge in [-0.25, -0.2) is 19.5 Å². The summed E-state index contributed by atoms with van der Waals surface area (Å²) in [6, 6.07) is 15.3. The molecular formula is C56H67N19O2S. The van der Waals surface area contributed by atoms with Gasteiger partial charge in [-0.3, -0.25) is 0 Å². The number of aliphatic hydroxyl groups is 1. The summed E-state index contributed by atoms with van der Waals surface area (Å²) in [6.45, 7) is 34.5. The molecule has 22 heteroatoms. The number of aliphatic hydroxyl groups excluding tert-OH is 1. The molecule has 0 aliphatic rings. The number of hydrogen-bond donors (Lipinski definition) is 4. The topological polar surface area (TPSA) is 257 Å². The second-order valence-electron chi connectivity index (χ2n) is 20.2. The predicted molar refractivity (Wildman–Crippen MR) is 307 cm³/mol. The molecule has 7 rings (SSSR count). The van der Waals surface area contributed by atoms with E-state index in [2.05, 4.69) is 141 Å². The Morgan fingerprint density at radius 3 is 2.04 bits per heavy atom. The lowest BCUT2D eigenvalue weighted by molar-refractivity contribution is 0.198. The Bertz CT molecular complexity index is 3480. The number of anilines is 6. The van der Waals surface area contributed by atoms with E-state index in [1.165, 1.54) is 21.1 Å². The van der Waals surface area contributed by atoms with Gasteiger partial charge in [0.25, 0.3) is 5.69 Å². The predicted octanol–water partition coefficient (Wildman–Crippen LogP) is 13.5. The summed E-state index contributed by atoms with van der Waals surface area (Å²) in [4.78, 5) is 16.0. The van der Waals surface area contributed by atoms with E-state index in [-0.39, 0.29) is 51.0 Å². The van der Waals surface area contributed by atoms with Crippen molar-refractivity contribution < 1.29 is 9.84 Å². The fraction of sp³-hybridized carbons (Fsp3) is 0.411. The van der Waals surface area contributed by atoms with Gasteiger partial charge in [0.05, 0.1) is 17.8 Å². The van der Waals surface area contributed by atoms with Gasteiger partial charge < -0.3 is 30.7 Å². The van der Waals surface area contributed by atoms with Crippen LogP contribution in [0.1, 0.15) is 115 Å². The molecule has 2 aromatic carbocycles. The van der Waals surface area contributed by atoms with Gasteiger partial charge >= 0.3 is 0 Å². The molecule has 21 nitrogen and oxygen atoms in total. The van der Waals surface area contributed by atoms with E-state index in [1.807, 2.05) is 33.8 Å². The average molecular weight is 1070 g/mol. The first-order chi connectivity index (χ1) is 37.3. The van der Waals surface area contributed by atoms with Crippen LogP contribution in [0.15, 0.2) is 57.0 Å². The summed E-state index contributed by atoms with van der Waals surface area (Å²) in [5, 5.41) is 78.2. The smallest absolute Gasteiger partial charge is 0.252 e. The van der Waals surface area contributed by atoms with Crippen LogP contribution in [-0.4, -0.2) is 84.8 Å². The lowest BCUT2D eigenvalue weighted by atomic mass is 9.90. The fourth-order valence-corrected chi connectivity index (χ4v) is 9.84. The fourth-order valence-electron chi connectivity index (χ4n) is 9.11. The lowest BCUT2D eigenvalue weighted by Gasteiger charge is -2.29. The van der Waals surface area contributed by atoms with Crippen molar-refractivity contribution in [2.45, 2.75) is 114 Å². The van der Waals surface area contributed by atoms with Gasteiger partial charge in [0.2, 0.25) is 16.1 Å². The third kappa shape index (κ3) is 12.7. The summed E-state index contributed by atoms with van der Waals surface area (Å²) in [5.41, 5.74) is 11.2. The highest BCUT2D eigenvalue weighted by Gasteiger charge is 2.30. The van der Waals surface area contributed by atoms with E-state index in [1.54, 1.807) is 14.0 Å². The van der Waals surface area contributed by atoms with E-state index in [4.69, 9.17) is 31.6 Å². The van der Waals surface area contributed by atoms with Crippen LogP contribution in [0.4, 0.5) is 63.3 Å². The number of unbranched alkanes of at least 4 members (excludes halogenated alkanes) is 1. The molecule has 404 valence electrons. The first kappa shape index (κ1) is 57.2. The molecule has 4 N–H and O–H groups in total. The van der Waals surface area contributed by atoms with Gasteiger partial charge in [-0.05, 0) is 109 Å². The summed E-state index contributed by atoms with van der Waals surface area (Å²) in [7, 11) is 1.62. The Kier molecular flexibility index (Phi) is 18.4. The second kappa shape index (κ2) is 25.1. The molecule has 0 fully saturated rings. The normalized spacial score (nSPS) is 11.6. The molecule has 5 heterocycles. The first-order valence-electron chi connectivity index (χ1n) is 25.8. The van der Waals surface area contributed by atoms with Crippen LogP contribution in [0.5, 0.6) is 0 Å². The summed E-state index contributed by atoms with van der Waals surface area (Å²) < 4.78 is 8.00. The highest BCUT2D eigenvalue weighted by Crippen LogP contribution is 2.42. The first-order valence-corrected chi connectivity index (χ1v) is 26.6. The largest absolute Gasteiger partial charge is 0.396 e. The Balaban J connectivity index is 1.31. The number of hydrogen-bond acceptors (Lipinski definition) is 19. The maximum absolute atomic E-state index is 10.8. The van der Waals surface area contributed by atoms with Crippen LogP contribution >= 0.6 is 11.3 Å². The van der Waals surface area contributed by atoms with E-state index >= 15 is 0 Å². The Morgan fingerprint density at radius 1 is 0.769 bits per heavy atom. The Hall–Kier alpha value is -8.49. The standard InChI is InChI=1S/C56H67N19O2S/c1-15-16-21-73(47-37(7)26-33(3)27-38(47)8)43-28-36(6)45(52(62-43)63-44-34(4)24-32(2)25-35(44)5)65-68-53-41(30-58)48(56(10,11)12)71-75(53)55-70-69-54(78-55)74-31-42(59-13)50(72-74)67-66-46-39(9)40(29-57)49(60-20-18-23-77-14)64-51(46)61-19-17-22-76/h24-28,31,76H,15-23H2,1-12,14H3,(H,62,63)(H2,60,61,64). The van der Waals surface area contributed by atoms with Crippen molar-refractivity contribution >= 4 is 74.7 Å². The van der Waals surface area contributed by atoms with Crippen LogP contribution in [-0.2, 0) is 10.2 Å². The molecular weight excluding hydrogens is 1000 g/mol. The number of methoxy groups -OCH3 is 1. The van der Waals surface area contributed by atoms with Gasteiger partial charge in [0.1, 0.15) is 40.7 Å². The molecule has 0 aliphatic carbocycles. The van der Waals surface area contributed by atoms with Gasteiger partial charge in [0.15, 0.2) is 17.5 Å². The Labute approximate surface area is 460 Å². The molecule has 0 spiro atoms. The maximum Gasteiger partial charge on any atom is 0.252 e. The number of nitriles is 2. The molecule has 78 heavy (non-hydrogen) atoms. The van der Waals surface area contributed by atoms with E-state index in [0.29, 0.717) is 66.9 Å². The molecule has 0 unspecified atom stereocenters. The number of azo groups is 2. The van der Waals surface area contributed by atoms with Crippen molar-refractivity contribution in [3.8, 4) is 22.4 Å². The van der Waals surface area contributed by atoms with Crippen molar-refractivity contribution in [2.24, 2.45) is 20.5 Å². The molecule has 0 bridgehead atoms. The van der Waals surface area contributed by atoms with Gasteiger partial charge in [0, 0.05) is 68.5 Å². The highest BCUT2D eigenvalue weighted by atomic mass is 32.1. The number of nitrogens with zero attached hydrogens (tertiary/aromatic N) is 16. The summed E-state index contributed by atoms with van der Waals surface area (Å²) in [6.07, 6.45) is 4.54. The number of aromatic nitrogens is 8. The highest BCUT2D eigenvalue weighted by molar-refractivity contribution is 7.16. The molecule has 7 aromatic rings. The number of rotatable bonds is 22. The zero-order chi connectivity index (χ0) is 56.4. The number of ether oxygens (including phenoxy) is 1. The van der Waals surface area contributed by atoms with Crippen molar-refractivity contribution in [1.29, 1.82) is 10.5 Å². The van der Waals surface area contributed by atoms with Crippen molar-refractivity contribution in [1.82, 2.24) is 39.7 Å². The van der Waals surface area contributed by atoms with Crippen LogP contribution in [0.25, 0.3) is 15.1 Å². The third-order valence-electron chi connectivity index (χ3n) is 12.7. The molecule has 0 amide bonds. The molecule has 0 aliphatic heterocycles. The number of aryl methyl sites for hydroxylation is 7. The average Bonchev–Trinajstić information content (AvgIpc) is 4.22. The molecule has 0 saturated carbocycles. The minimum atomic E-state index is -0.599. The SMILES string of the molecule is [C-]#[N+]c1cn(-c2nnc(-n3nc(C(C)(C)C)c(C#N)c3N=Nc3c(C)cc(N(CCCC)c4c(C)cc(C)cc4C)nc3Nc3c(C)cc(C)cc3C)s2)nc1N=Nc1c(NCCCO)nc(NCCCOC)c(C#N)c1C. The molecule has 5 aromatic heterocycles. The molecule has 0 atom stereocenters. The van der Waals surface area contributed by atoms with E-state index in [0.717, 1.165) is 81.3 Å². The minimum absolute atomic E-state index is 0.0221. The summed E-state index contributed by atoms with van der Waals surface area (Å²) in [5.74, 6) is 2.06. The van der Waals surface area contributed by atoms with Gasteiger partial charge in [-0.15, -0.1) is 30.7 Å². The van der Waals surface area contributed by atoms with Crippen LogP contribution in [0.2, 0.25) is 0 Å². The zero-order valence-electron chi connectivity index (χ0n) is 46.7. The second-order valence-corrected chi connectivity index (χ2v) is 21.1. The Morgan fingerprint density at radius 2 is 1.41 bits per heavy atom. The van der Waals surface area contributed by atoms with Crippen LogP contribution in [0, 0.1) is 84.6 Å². The van der Waals surface area contributed by atoms with Crippen LogP contribution < -0.4 is 20.9 Å². The van der Waals surface area contributed by atoms with Crippen molar-refractivity contribution in [3.05, 3.63) is 109 Å². The van der Waals surface area contributed by atoms with Crippen molar-refractivity contribution in [2.75, 3.05) is 60.8 Å². The number of pyridine rings is 2. The third-order valence-corrected chi connectivity index (χ3v) is 13.6. The molecule has 0 saturated heterocycles. The lowest BCUT2D eigenvalue weighted by Crippen LogP contribution is -2.22. The maximum atomic E-state index is 10.8. The zero-order valence-corrected chi connectivity index (χ0v) is 47.6. The van der Waals surface area contributed by atoms with E-state index < -0.39 is 5.41 Å². The molecule has 0 radical (unpaired) electrons.